The molecule has 0 radical (unpaired) electrons. The van der Waals surface area contributed by atoms with E-state index >= 15 is 0 Å². The molecular formula is C13H14F3NO2S. The van der Waals surface area contributed by atoms with E-state index in [9.17, 15) is 18.0 Å². The van der Waals surface area contributed by atoms with Gasteiger partial charge in [0.25, 0.3) is 0 Å². The molecule has 0 atom stereocenters. The van der Waals surface area contributed by atoms with Gasteiger partial charge in [-0.05, 0) is 37.7 Å². The van der Waals surface area contributed by atoms with Crippen LogP contribution < -0.4 is 5.32 Å². The van der Waals surface area contributed by atoms with Crippen molar-refractivity contribution in [1.29, 1.82) is 0 Å². The van der Waals surface area contributed by atoms with Gasteiger partial charge < -0.3 is 10.1 Å². The van der Waals surface area contributed by atoms with Crippen LogP contribution in [0.5, 0.6) is 0 Å². The number of allylic oxidation sites excluding steroid dienone is 1. The van der Waals surface area contributed by atoms with Crippen molar-refractivity contribution in [3.63, 3.8) is 0 Å². The summed E-state index contributed by atoms with van der Waals surface area (Å²) in [5.41, 5.74) is -2.85. The number of halogens is 3. The van der Waals surface area contributed by atoms with Gasteiger partial charge in [0, 0.05) is 11.4 Å². The first kappa shape index (κ1) is 16.4. The Labute approximate surface area is 119 Å². The third-order valence-electron chi connectivity index (χ3n) is 2.31. The minimum Gasteiger partial charge on any atom is -0.465 e. The fraction of sp³-hybridized carbons (Fsp3) is 0.308. The summed E-state index contributed by atoms with van der Waals surface area (Å²) in [5.74, 6) is -1.02. The highest BCUT2D eigenvalue weighted by atomic mass is 32.2. The third-order valence-corrected chi connectivity index (χ3v) is 3.22. The molecule has 0 aliphatic rings. The van der Waals surface area contributed by atoms with Crippen LogP contribution in [0.15, 0.2) is 34.9 Å². The lowest BCUT2D eigenvalue weighted by Crippen LogP contribution is -2.13. The standard InChI is InChI=1S/C13H14F3NO2S/c1-8-4-6-10(7-5-8)17-9(2)11(12(18)19-3)20-13(14,15)16/h4-7,17H,1-3H3/b11-9+. The van der Waals surface area contributed by atoms with Gasteiger partial charge in [-0.15, -0.1) is 0 Å². The number of aryl methyl sites for hydroxylation is 1. The summed E-state index contributed by atoms with van der Waals surface area (Å²) in [6.07, 6.45) is 0. The molecule has 0 bridgehead atoms. The van der Waals surface area contributed by atoms with Crippen molar-refractivity contribution < 1.29 is 22.7 Å². The SMILES string of the molecule is COC(=O)/C(SC(F)(F)F)=C(/C)Nc1ccc(C)cc1. The number of hydrogen-bond donors (Lipinski definition) is 1. The Morgan fingerprint density at radius 3 is 2.25 bits per heavy atom. The van der Waals surface area contributed by atoms with Crippen LogP contribution in [0.3, 0.4) is 0 Å². The Balaban J connectivity index is 3.01. The van der Waals surface area contributed by atoms with E-state index in [1.165, 1.54) is 6.92 Å². The molecule has 0 aliphatic carbocycles. The second-order valence-electron chi connectivity index (χ2n) is 3.98. The molecule has 0 unspecified atom stereocenters. The number of hydrogen-bond acceptors (Lipinski definition) is 4. The fourth-order valence-corrected chi connectivity index (χ4v) is 1.99. The fourth-order valence-electron chi connectivity index (χ4n) is 1.39. The molecule has 7 heteroatoms. The van der Waals surface area contributed by atoms with E-state index in [1.807, 2.05) is 19.1 Å². The molecule has 1 N–H and O–H groups in total. The van der Waals surface area contributed by atoms with Gasteiger partial charge in [-0.1, -0.05) is 17.7 Å². The van der Waals surface area contributed by atoms with E-state index in [4.69, 9.17) is 0 Å². The predicted octanol–water partition coefficient (Wildman–Crippen LogP) is 4.06. The number of benzene rings is 1. The molecule has 0 heterocycles. The van der Waals surface area contributed by atoms with E-state index < -0.39 is 28.1 Å². The van der Waals surface area contributed by atoms with Gasteiger partial charge in [0.05, 0.1) is 7.11 Å². The molecule has 0 spiro atoms. The Morgan fingerprint density at radius 2 is 1.80 bits per heavy atom. The molecule has 0 aromatic heterocycles. The number of carbonyl (C=O) groups is 1. The largest absolute Gasteiger partial charge is 0.465 e. The molecule has 0 fully saturated rings. The van der Waals surface area contributed by atoms with E-state index in [2.05, 4.69) is 10.1 Å². The van der Waals surface area contributed by atoms with Crippen molar-refractivity contribution >= 4 is 23.4 Å². The Hall–Kier alpha value is -1.63. The number of anilines is 1. The Morgan fingerprint density at radius 1 is 1.25 bits per heavy atom. The lowest BCUT2D eigenvalue weighted by molar-refractivity contribution is -0.135. The molecule has 0 amide bonds. The topological polar surface area (TPSA) is 38.3 Å². The van der Waals surface area contributed by atoms with E-state index in [1.54, 1.807) is 12.1 Å². The number of esters is 1. The molecule has 1 aromatic rings. The van der Waals surface area contributed by atoms with Crippen molar-refractivity contribution in [2.24, 2.45) is 0 Å². The molecule has 0 saturated heterocycles. The Bertz CT molecular complexity index is 509. The number of thioether (sulfide) groups is 1. The summed E-state index contributed by atoms with van der Waals surface area (Å²) >= 11 is -0.492. The summed E-state index contributed by atoms with van der Waals surface area (Å²) in [6, 6.07) is 7.05. The Kier molecular flexibility index (Phi) is 5.50. The highest BCUT2D eigenvalue weighted by molar-refractivity contribution is 8.04. The first-order chi connectivity index (χ1) is 9.23. The molecule has 110 valence electrons. The van der Waals surface area contributed by atoms with E-state index in [-0.39, 0.29) is 5.70 Å². The minimum atomic E-state index is -4.56. The molecule has 1 rings (SSSR count). The maximum atomic E-state index is 12.4. The molecule has 20 heavy (non-hydrogen) atoms. The van der Waals surface area contributed by atoms with Crippen LogP contribution in [0.1, 0.15) is 12.5 Å². The molecule has 1 aromatic carbocycles. The first-order valence-electron chi connectivity index (χ1n) is 5.61. The maximum Gasteiger partial charge on any atom is 0.446 e. The smallest absolute Gasteiger partial charge is 0.446 e. The maximum absolute atomic E-state index is 12.4. The van der Waals surface area contributed by atoms with Crippen molar-refractivity contribution in [3.8, 4) is 0 Å². The van der Waals surface area contributed by atoms with E-state index in [0.29, 0.717) is 5.69 Å². The number of methoxy groups -OCH3 is 1. The van der Waals surface area contributed by atoms with Crippen molar-refractivity contribution in [2.45, 2.75) is 19.4 Å². The average molecular weight is 305 g/mol. The second-order valence-corrected chi connectivity index (χ2v) is 5.06. The second kappa shape index (κ2) is 6.69. The quantitative estimate of drug-likeness (QED) is 0.672. The normalized spacial score (nSPS) is 12.7. The number of nitrogens with one attached hydrogen (secondary N) is 1. The van der Waals surface area contributed by atoms with Crippen LogP contribution in [0.25, 0.3) is 0 Å². The first-order valence-corrected chi connectivity index (χ1v) is 6.43. The van der Waals surface area contributed by atoms with Gasteiger partial charge in [0.2, 0.25) is 0 Å². The van der Waals surface area contributed by atoms with Crippen molar-refractivity contribution in [1.82, 2.24) is 0 Å². The molecule has 3 nitrogen and oxygen atoms in total. The number of carbonyl (C=O) groups excluding carboxylic acids is 1. The van der Waals surface area contributed by atoms with Gasteiger partial charge in [0.15, 0.2) is 0 Å². The van der Waals surface area contributed by atoms with Gasteiger partial charge >= 0.3 is 11.5 Å². The highest BCUT2D eigenvalue weighted by Gasteiger charge is 2.34. The van der Waals surface area contributed by atoms with Crippen molar-refractivity contribution in [3.05, 3.63) is 40.4 Å². The van der Waals surface area contributed by atoms with Crippen LogP contribution in [0, 0.1) is 6.92 Å². The molecular weight excluding hydrogens is 291 g/mol. The summed E-state index contributed by atoms with van der Waals surface area (Å²) in [5, 5.41) is 2.76. The summed E-state index contributed by atoms with van der Waals surface area (Å²) in [7, 11) is 1.04. The van der Waals surface area contributed by atoms with Crippen LogP contribution in [0.2, 0.25) is 0 Å². The zero-order chi connectivity index (χ0) is 15.3. The molecule has 0 aliphatic heterocycles. The van der Waals surface area contributed by atoms with Gasteiger partial charge in [0.1, 0.15) is 4.91 Å². The lowest BCUT2D eigenvalue weighted by Gasteiger charge is -2.13. The number of rotatable bonds is 4. The van der Waals surface area contributed by atoms with Crippen LogP contribution in [-0.2, 0) is 9.53 Å². The predicted molar refractivity (Wildman–Crippen MR) is 73.2 cm³/mol. The average Bonchev–Trinajstić information content (AvgIpc) is 2.36. The van der Waals surface area contributed by atoms with Crippen LogP contribution in [0.4, 0.5) is 18.9 Å². The third kappa shape index (κ3) is 5.16. The zero-order valence-corrected chi connectivity index (χ0v) is 12.0. The summed E-state index contributed by atoms with van der Waals surface area (Å²) in [4.78, 5) is 10.9. The van der Waals surface area contributed by atoms with Crippen LogP contribution in [-0.4, -0.2) is 18.6 Å². The number of alkyl halides is 3. The van der Waals surface area contributed by atoms with Crippen molar-refractivity contribution in [2.75, 3.05) is 12.4 Å². The minimum absolute atomic E-state index is 0.0861. The van der Waals surface area contributed by atoms with E-state index in [0.717, 1.165) is 12.7 Å². The zero-order valence-electron chi connectivity index (χ0n) is 11.2. The number of ether oxygens (including phenoxy) is 1. The molecule has 0 saturated carbocycles. The van der Waals surface area contributed by atoms with Gasteiger partial charge in [-0.3, -0.25) is 0 Å². The van der Waals surface area contributed by atoms with Crippen LogP contribution >= 0.6 is 11.8 Å². The summed E-state index contributed by atoms with van der Waals surface area (Å²) < 4.78 is 41.7. The van der Waals surface area contributed by atoms with Gasteiger partial charge in [-0.25, -0.2) is 4.79 Å². The van der Waals surface area contributed by atoms with Gasteiger partial charge in [-0.2, -0.15) is 13.2 Å². The monoisotopic (exact) mass is 305 g/mol. The summed E-state index contributed by atoms with van der Waals surface area (Å²) in [6.45, 7) is 3.29. The highest BCUT2D eigenvalue weighted by Crippen LogP contribution is 2.38. The lowest BCUT2D eigenvalue weighted by atomic mass is 10.2.